The molecule has 23 heavy (non-hydrogen) atoms. The number of amides is 1. The molecule has 0 rings (SSSR count). The lowest BCUT2D eigenvalue weighted by Gasteiger charge is -2.17. The van der Waals surface area contributed by atoms with E-state index >= 15 is 0 Å². The van der Waals surface area contributed by atoms with Crippen molar-refractivity contribution in [2.24, 2.45) is 5.92 Å². The van der Waals surface area contributed by atoms with Crippen molar-refractivity contribution >= 4 is 11.7 Å². The first-order valence-electron chi connectivity index (χ1n) is 9.75. The smallest absolute Gasteiger partial charge is 0.222 e. The fraction of sp³-hybridized carbons (Fsp3) is 0.900. The Bertz CT molecular complexity index is 313. The molecule has 0 aromatic rings. The van der Waals surface area contributed by atoms with Crippen LogP contribution in [0.3, 0.4) is 0 Å². The molecule has 0 N–H and O–H groups in total. The molecule has 0 aromatic carbocycles. The number of carbonyl (C=O) groups is 2. The van der Waals surface area contributed by atoms with E-state index in [4.69, 9.17) is 0 Å². The average molecular weight is 326 g/mol. The summed E-state index contributed by atoms with van der Waals surface area (Å²) in [7, 11) is 1.86. The van der Waals surface area contributed by atoms with Gasteiger partial charge in [-0.25, -0.2) is 0 Å². The van der Waals surface area contributed by atoms with Crippen LogP contribution < -0.4 is 0 Å². The molecule has 0 atom stereocenters. The first-order chi connectivity index (χ1) is 11.0. The molecule has 0 aromatic heterocycles. The summed E-state index contributed by atoms with van der Waals surface area (Å²) in [6, 6.07) is 0. The van der Waals surface area contributed by atoms with Gasteiger partial charge in [0, 0.05) is 32.4 Å². The summed E-state index contributed by atoms with van der Waals surface area (Å²) >= 11 is 0. The second kappa shape index (κ2) is 14.7. The maximum absolute atomic E-state index is 12.0. The van der Waals surface area contributed by atoms with E-state index in [2.05, 4.69) is 6.92 Å². The minimum atomic E-state index is 0.109. The van der Waals surface area contributed by atoms with Gasteiger partial charge in [-0.15, -0.1) is 0 Å². The quantitative estimate of drug-likeness (QED) is 0.379. The highest BCUT2D eigenvalue weighted by atomic mass is 16.2. The Balaban J connectivity index is 3.49. The van der Waals surface area contributed by atoms with Crippen LogP contribution >= 0.6 is 0 Å². The van der Waals surface area contributed by atoms with E-state index in [1.807, 2.05) is 20.9 Å². The lowest BCUT2D eigenvalue weighted by molar-refractivity contribution is -0.130. The Morgan fingerprint density at radius 1 is 0.783 bits per heavy atom. The summed E-state index contributed by atoms with van der Waals surface area (Å²) in [6.07, 6.45) is 13.5. The molecule has 1 amide bonds. The maximum Gasteiger partial charge on any atom is 0.222 e. The van der Waals surface area contributed by atoms with Gasteiger partial charge < -0.3 is 4.90 Å². The highest BCUT2D eigenvalue weighted by Crippen LogP contribution is 2.11. The monoisotopic (exact) mass is 325 g/mol. The topological polar surface area (TPSA) is 37.4 Å². The average Bonchev–Trinajstić information content (AvgIpc) is 2.52. The van der Waals surface area contributed by atoms with Crippen molar-refractivity contribution in [2.45, 2.75) is 97.8 Å². The van der Waals surface area contributed by atoms with E-state index in [9.17, 15) is 9.59 Å². The second-order valence-electron chi connectivity index (χ2n) is 7.12. The number of rotatable bonds is 15. The summed E-state index contributed by atoms with van der Waals surface area (Å²) in [6.45, 7) is 6.81. The van der Waals surface area contributed by atoms with E-state index < -0.39 is 0 Å². The first-order valence-corrected chi connectivity index (χ1v) is 9.75. The first kappa shape index (κ1) is 22.1. The third-order valence-corrected chi connectivity index (χ3v) is 4.48. The van der Waals surface area contributed by atoms with E-state index in [-0.39, 0.29) is 11.8 Å². The number of carbonyl (C=O) groups excluding carboxylic acids is 2. The van der Waals surface area contributed by atoms with Crippen LogP contribution in [0.2, 0.25) is 0 Å². The normalized spacial score (nSPS) is 11.0. The summed E-state index contributed by atoms with van der Waals surface area (Å²) in [4.78, 5) is 25.3. The molecule has 0 aliphatic carbocycles. The van der Waals surface area contributed by atoms with Crippen LogP contribution in [0.5, 0.6) is 0 Å². The minimum absolute atomic E-state index is 0.109. The number of Topliss-reactive ketones (excluding diaryl/α,β-unsaturated/α-hetero) is 1. The summed E-state index contributed by atoms with van der Waals surface area (Å²) in [5, 5.41) is 0. The molecule has 3 heteroatoms. The Kier molecular flexibility index (Phi) is 14.2. The van der Waals surface area contributed by atoms with Crippen molar-refractivity contribution in [3.63, 3.8) is 0 Å². The number of nitrogens with zero attached hydrogens (tertiary/aromatic N) is 1. The van der Waals surface area contributed by atoms with Gasteiger partial charge in [-0.05, 0) is 12.8 Å². The van der Waals surface area contributed by atoms with Crippen LogP contribution in [0.1, 0.15) is 97.8 Å². The zero-order valence-corrected chi connectivity index (χ0v) is 16.0. The van der Waals surface area contributed by atoms with Crippen LogP contribution in [0.15, 0.2) is 0 Å². The predicted octanol–water partition coefficient (Wildman–Crippen LogP) is 5.37. The Labute approximate surface area is 144 Å². The summed E-state index contributed by atoms with van der Waals surface area (Å²) in [5.74, 6) is 0.632. The molecule has 136 valence electrons. The van der Waals surface area contributed by atoms with Crippen molar-refractivity contribution < 1.29 is 9.59 Å². The summed E-state index contributed by atoms with van der Waals surface area (Å²) in [5.41, 5.74) is 0. The molecule has 0 heterocycles. The highest BCUT2D eigenvalue weighted by Gasteiger charge is 2.10. The van der Waals surface area contributed by atoms with E-state index in [0.29, 0.717) is 25.2 Å². The fourth-order valence-corrected chi connectivity index (χ4v) is 2.68. The van der Waals surface area contributed by atoms with Crippen LogP contribution in [0, 0.1) is 5.92 Å². The third kappa shape index (κ3) is 13.3. The maximum atomic E-state index is 12.0. The van der Waals surface area contributed by atoms with Gasteiger partial charge in [0.25, 0.3) is 0 Å². The Hall–Kier alpha value is -0.860. The molecule has 0 unspecified atom stereocenters. The highest BCUT2D eigenvalue weighted by molar-refractivity contribution is 5.80. The van der Waals surface area contributed by atoms with Crippen molar-refractivity contribution in [2.75, 3.05) is 13.6 Å². The van der Waals surface area contributed by atoms with Crippen molar-refractivity contribution in [3.05, 3.63) is 0 Å². The lowest BCUT2D eigenvalue weighted by atomic mass is 10.0. The van der Waals surface area contributed by atoms with Crippen molar-refractivity contribution in [1.29, 1.82) is 0 Å². The number of hydrogen-bond donors (Lipinski definition) is 0. The van der Waals surface area contributed by atoms with Crippen LogP contribution in [0.25, 0.3) is 0 Å². The van der Waals surface area contributed by atoms with Gasteiger partial charge in [0.15, 0.2) is 0 Å². The molecule has 0 spiro atoms. The molecule has 3 nitrogen and oxygen atoms in total. The van der Waals surface area contributed by atoms with Gasteiger partial charge >= 0.3 is 0 Å². The SMILES string of the molecule is CCCCCCCCCCCC(=O)N(C)CCCC(=O)C(C)C. The summed E-state index contributed by atoms with van der Waals surface area (Å²) < 4.78 is 0. The standard InChI is InChI=1S/C20H39NO2/c1-5-6-7-8-9-10-11-12-13-16-20(23)21(4)17-14-15-19(22)18(2)3/h18H,5-17H2,1-4H3. The van der Waals surface area contributed by atoms with Gasteiger partial charge in [-0.2, -0.15) is 0 Å². The molecule has 0 saturated carbocycles. The second-order valence-corrected chi connectivity index (χ2v) is 7.12. The lowest BCUT2D eigenvalue weighted by Crippen LogP contribution is -2.28. The number of ketones is 1. The zero-order chi connectivity index (χ0) is 17.5. The van der Waals surface area contributed by atoms with E-state index in [0.717, 1.165) is 12.8 Å². The predicted molar refractivity (Wildman–Crippen MR) is 98.6 cm³/mol. The van der Waals surface area contributed by atoms with Gasteiger partial charge in [-0.1, -0.05) is 72.1 Å². The molecule has 0 fully saturated rings. The van der Waals surface area contributed by atoms with Crippen molar-refractivity contribution in [3.8, 4) is 0 Å². The van der Waals surface area contributed by atoms with Crippen molar-refractivity contribution in [1.82, 2.24) is 4.90 Å². The van der Waals surface area contributed by atoms with Gasteiger partial charge in [-0.3, -0.25) is 9.59 Å². The third-order valence-electron chi connectivity index (χ3n) is 4.48. The molecule has 0 radical (unpaired) electrons. The minimum Gasteiger partial charge on any atom is -0.346 e. The molecular formula is C20H39NO2. The number of unbranched alkanes of at least 4 members (excludes halogenated alkanes) is 8. The fourth-order valence-electron chi connectivity index (χ4n) is 2.68. The van der Waals surface area contributed by atoms with Crippen LogP contribution in [-0.4, -0.2) is 30.2 Å². The molecule has 0 saturated heterocycles. The number of hydrogen-bond acceptors (Lipinski definition) is 2. The molecule has 0 aliphatic heterocycles. The van der Waals surface area contributed by atoms with E-state index in [1.165, 1.54) is 51.4 Å². The van der Waals surface area contributed by atoms with Crippen LogP contribution in [-0.2, 0) is 9.59 Å². The zero-order valence-electron chi connectivity index (χ0n) is 16.0. The largest absolute Gasteiger partial charge is 0.346 e. The Morgan fingerprint density at radius 3 is 1.83 bits per heavy atom. The van der Waals surface area contributed by atoms with E-state index in [1.54, 1.807) is 4.90 Å². The Morgan fingerprint density at radius 2 is 1.30 bits per heavy atom. The molecule has 0 bridgehead atoms. The van der Waals surface area contributed by atoms with Gasteiger partial charge in [0.1, 0.15) is 5.78 Å². The van der Waals surface area contributed by atoms with Crippen LogP contribution in [0.4, 0.5) is 0 Å². The van der Waals surface area contributed by atoms with Gasteiger partial charge in [0.2, 0.25) is 5.91 Å². The van der Waals surface area contributed by atoms with Gasteiger partial charge in [0.05, 0.1) is 0 Å². The molecule has 0 aliphatic rings. The molecular weight excluding hydrogens is 286 g/mol.